The predicted octanol–water partition coefficient (Wildman–Crippen LogP) is 3.27. The number of carbonyl (C=O) groups is 1. The molecule has 0 spiro atoms. The zero-order valence-corrected chi connectivity index (χ0v) is 12.5. The zero-order chi connectivity index (χ0) is 15.0. The van der Waals surface area contributed by atoms with E-state index in [-0.39, 0.29) is 11.6 Å². The van der Waals surface area contributed by atoms with Gasteiger partial charge < -0.3 is 5.32 Å². The monoisotopic (exact) mass is 319 g/mol. The molecule has 1 fully saturated rings. The summed E-state index contributed by atoms with van der Waals surface area (Å²) in [5.74, 6) is -1.15. The van der Waals surface area contributed by atoms with Gasteiger partial charge in [0, 0.05) is 21.8 Å². The summed E-state index contributed by atoms with van der Waals surface area (Å²) in [5.41, 5.74) is -0.210. The Morgan fingerprint density at radius 3 is 2.45 bits per heavy atom. The largest absolute Gasteiger partial charge is 0.326 e. The number of amides is 1. The quantitative estimate of drug-likeness (QED) is 0.870. The molecule has 0 aromatic heterocycles. The van der Waals surface area contributed by atoms with Gasteiger partial charge in [-0.05, 0) is 31.0 Å². The van der Waals surface area contributed by atoms with Crippen molar-refractivity contribution in [2.75, 3.05) is 5.32 Å². The molecule has 0 aliphatic heterocycles. The van der Waals surface area contributed by atoms with Crippen LogP contribution in [0.25, 0.3) is 0 Å². The van der Waals surface area contributed by atoms with Crippen LogP contribution in [0.4, 0.5) is 10.1 Å². The first-order valence-electron chi connectivity index (χ1n) is 6.28. The number of benzene rings is 1. The fourth-order valence-electron chi connectivity index (χ4n) is 2.44. The highest BCUT2D eigenvalue weighted by molar-refractivity contribution is 8.13. The molecule has 1 amide bonds. The van der Waals surface area contributed by atoms with Crippen LogP contribution in [0.5, 0.6) is 0 Å². The molecule has 110 valence electrons. The van der Waals surface area contributed by atoms with Crippen LogP contribution >= 0.6 is 10.7 Å². The van der Waals surface area contributed by atoms with Gasteiger partial charge in [-0.1, -0.05) is 19.8 Å². The van der Waals surface area contributed by atoms with E-state index in [1.54, 1.807) is 0 Å². The Kier molecular flexibility index (Phi) is 4.07. The van der Waals surface area contributed by atoms with E-state index in [0.717, 1.165) is 37.8 Å². The van der Waals surface area contributed by atoms with Gasteiger partial charge in [-0.2, -0.15) is 0 Å². The number of anilines is 1. The van der Waals surface area contributed by atoms with E-state index >= 15 is 0 Å². The second-order valence-corrected chi connectivity index (χ2v) is 7.84. The van der Waals surface area contributed by atoms with Gasteiger partial charge in [-0.3, -0.25) is 4.79 Å². The zero-order valence-electron chi connectivity index (χ0n) is 10.9. The second kappa shape index (κ2) is 5.33. The molecule has 1 saturated carbocycles. The smallest absolute Gasteiger partial charge is 0.264 e. The highest BCUT2D eigenvalue weighted by Gasteiger charge is 2.36. The summed E-state index contributed by atoms with van der Waals surface area (Å²) < 4.78 is 35.8. The van der Waals surface area contributed by atoms with E-state index < -0.39 is 25.2 Å². The molecular formula is C13H15ClFNO3S. The minimum Gasteiger partial charge on any atom is -0.326 e. The Labute approximate surface area is 121 Å². The topological polar surface area (TPSA) is 63.2 Å². The van der Waals surface area contributed by atoms with Crippen molar-refractivity contribution >= 4 is 31.3 Å². The molecule has 0 radical (unpaired) electrons. The lowest BCUT2D eigenvalue weighted by molar-refractivity contribution is -0.124. The first kappa shape index (κ1) is 15.3. The average molecular weight is 320 g/mol. The molecule has 20 heavy (non-hydrogen) atoms. The molecule has 0 atom stereocenters. The maximum atomic E-state index is 13.7. The standard InChI is InChI=1S/C13H15ClFNO3S/c1-13(6-2-3-7-13)12(17)16-9-4-5-11(10(15)8-9)20(14,18)19/h4-5,8H,2-3,6-7H2,1H3,(H,16,17). The molecule has 7 heteroatoms. The molecule has 1 aromatic carbocycles. The third-order valence-corrected chi connectivity index (χ3v) is 5.06. The summed E-state index contributed by atoms with van der Waals surface area (Å²) >= 11 is 0. The third kappa shape index (κ3) is 3.12. The van der Waals surface area contributed by atoms with Crippen LogP contribution in [0.1, 0.15) is 32.6 Å². The highest BCUT2D eigenvalue weighted by Crippen LogP contribution is 2.38. The number of hydrogen-bond donors (Lipinski definition) is 1. The van der Waals surface area contributed by atoms with Crippen molar-refractivity contribution in [3.63, 3.8) is 0 Å². The van der Waals surface area contributed by atoms with E-state index in [9.17, 15) is 17.6 Å². The minimum absolute atomic E-state index is 0.170. The van der Waals surface area contributed by atoms with Crippen LogP contribution < -0.4 is 5.32 Å². The summed E-state index contributed by atoms with van der Waals surface area (Å²) in [7, 11) is 0.971. The fourth-order valence-corrected chi connectivity index (χ4v) is 3.34. The van der Waals surface area contributed by atoms with E-state index in [4.69, 9.17) is 10.7 Å². The lowest BCUT2D eigenvalue weighted by Crippen LogP contribution is -2.30. The van der Waals surface area contributed by atoms with Crippen LogP contribution in [0, 0.1) is 11.2 Å². The van der Waals surface area contributed by atoms with Gasteiger partial charge in [-0.25, -0.2) is 12.8 Å². The van der Waals surface area contributed by atoms with E-state index in [1.165, 1.54) is 6.07 Å². The van der Waals surface area contributed by atoms with Gasteiger partial charge in [0.1, 0.15) is 10.7 Å². The molecule has 1 N–H and O–H groups in total. The number of rotatable bonds is 3. The molecule has 0 saturated heterocycles. The van der Waals surface area contributed by atoms with Crippen LogP contribution in [0.2, 0.25) is 0 Å². The van der Waals surface area contributed by atoms with Crippen molar-refractivity contribution in [3.8, 4) is 0 Å². The lowest BCUT2D eigenvalue weighted by Gasteiger charge is -2.22. The van der Waals surface area contributed by atoms with E-state index in [1.807, 2.05) is 6.92 Å². The van der Waals surface area contributed by atoms with Crippen molar-refractivity contribution in [2.24, 2.45) is 5.41 Å². The first-order valence-corrected chi connectivity index (χ1v) is 8.59. The van der Waals surface area contributed by atoms with E-state index in [2.05, 4.69) is 5.32 Å². The number of carbonyl (C=O) groups excluding carboxylic acids is 1. The van der Waals surface area contributed by atoms with Crippen molar-refractivity contribution in [2.45, 2.75) is 37.5 Å². The SMILES string of the molecule is CC1(C(=O)Nc2ccc(S(=O)(=O)Cl)c(F)c2)CCCC1. The minimum atomic E-state index is -4.12. The Balaban J connectivity index is 2.19. The van der Waals surface area contributed by atoms with Crippen LogP contribution in [-0.4, -0.2) is 14.3 Å². The molecule has 0 heterocycles. The maximum Gasteiger partial charge on any atom is 0.264 e. The molecule has 1 aromatic rings. The Bertz CT molecular complexity index is 639. The van der Waals surface area contributed by atoms with Gasteiger partial charge in [0.25, 0.3) is 9.05 Å². The van der Waals surface area contributed by atoms with Crippen molar-refractivity contribution in [1.82, 2.24) is 0 Å². The first-order chi connectivity index (χ1) is 9.22. The second-order valence-electron chi connectivity index (χ2n) is 5.30. The van der Waals surface area contributed by atoms with Gasteiger partial charge >= 0.3 is 0 Å². The average Bonchev–Trinajstić information content (AvgIpc) is 2.76. The number of hydrogen-bond acceptors (Lipinski definition) is 3. The van der Waals surface area contributed by atoms with Gasteiger partial charge in [0.2, 0.25) is 5.91 Å². The lowest BCUT2D eigenvalue weighted by atomic mass is 9.88. The fraction of sp³-hybridized carbons (Fsp3) is 0.462. The molecule has 4 nitrogen and oxygen atoms in total. The van der Waals surface area contributed by atoms with Crippen LogP contribution in [0.3, 0.4) is 0 Å². The third-order valence-electron chi connectivity index (χ3n) is 3.71. The van der Waals surface area contributed by atoms with Crippen molar-refractivity contribution in [1.29, 1.82) is 0 Å². The summed E-state index contributed by atoms with van der Waals surface area (Å²) in [4.78, 5) is 11.6. The predicted molar refractivity (Wildman–Crippen MR) is 74.6 cm³/mol. The van der Waals surface area contributed by atoms with Crippen LogP contribution in [-0.2, 0) is 13.8 Å². The Morgan fingerprint density at radius 1 is 1.35 bits per heavy atom. The normalized spacial score (nSPS) is 17.9. The van der Waals surface area contributed by atoms with Gasteiger partial charge in [-0.15, -0.1) is 0 Å². The molecular weight excluding hydrogens is 305 g/mol. The maximum absolute atomic E-state index is 13.7. The molecule has 0 bridgehead atoms. The van der Waals surface area contributed by atoms with Crippen LogP contribution in [0.15, 0.2) is 23.1 Å². The molecule has 0 unspecified atom stereocenters. The van der Waals surface area contributed by atoms with E-state index in [0.29, 0.717) is 0 Å². The number of nitrogens with one attached hydrogen (secondary N) is 1. The summed E-state index contributed by atoms with van der Waals surface area (Å²) in [6.07, 6.45) is 3.61. The van der Waals surface area contributed by atoms with Crippen molar-refractivity contribution in [3.05, 3.63) is 24.0 Å². The number of halogens is 2. The molecule has 1 aliphatic carbocycles. The van der Waals surface area contributed by atoms with Gasteiger partial charge in [0.15, 0.2) is 0 Å². The molecule has 2 rings (SSSR count). The Hall–Kier alpha value is -1.14. The Morgan fingerprint density at radius 2 is 1.95 bits per heavy atom. The van der Waals surface area contributed by atoms with Crippen molar-refractivity contribution < 1.29 is 17.6 Å². The highest BCUT2D eigenvalue weighted by atomic mass is 35.7. The summed E-state index contributed by atoms with van der Waals surface area (Å²) in [5, 5.41) is 2.63. The summed E-state index contributed by atoms with van der Waals surface area (Å²) in [6.45, 7) is 1.88. The van der Waals surface area contributed by atoms with Gasteiger partial charge in [0.05, 0.1) is 0 Å². The summed E-state index contributed by atoms with van der Waals surface area (Å²) in [6, 6.07) is 3.34. The molecule has 1 aliphatic rings.